The van der Waals surface area contributed by atoms with E-state index in [0.717, 1.165) is 28.0 Å². The van der Waals surface area contributed by atoms with E-state index < -0.39 is 0 Å². The van der Waals surface area contributed by atoms with Crippen LogP contribution in [0, 0.1) is 0 Å². The van der Waals surface area contributed by atoms with Crippen LogP contribution in [0.25, 0.3) is 11.8 Å². The van der Waals surface area contributed by atoms with Gasteiger partial charge in [-0.15, -0.1) is 0 Å². The molecule has 0 saturated heterocycles. The summed E-state index contributed by atoms with van der Waals surface area (Å²) in [7, 11) is 0. The van der Waals surface area contributed by atoms with E-state index in [0.29, 0.717) is 6.54 Å². The zero-order chi connectivity index (χ0) is 16.4. The fourth-order valence-corrected chi connectivity index (χ4v) is 2.98. The summed E-state index contributed by atoms with van der Waals surface area (Å²) < 4.78 is 0. The van der Waals surface area contributed by atoms with Gasteiger partial charge in [0, 0.05) is 23.5 Å². The van der Waals surface area contributed by atoms with Crippen molar-refractivity contribution in [3.05, 3.63) is 101 Å². The third kappa shape index (κ3) is 2.61. The van der Waals surface area contributed by atoms with Crippen molar-refractivity contribution in [2.45, 2.75) is 6.54 Å². The average molecular weight is 312 g/mol. The quantitative estimate of drug-likeness (QED) is 0.725. The third-order valence-electron chi connectivity index (χ3n) is 4.16. The molecular formula is C21H16N2O. The molecule has 1 aromatic heterocycles. The van der Waals surface area contributed by atoms with E-state index in [4.69, 9.17) is 0 Å². The number of fused-ring (bicyclic) bond motifs is 1. The van der Waals surface area contributed by atoms with Crippen molar-refractivity contribution in [3.8, 4) is 0 Å². The number of rotatable bonds is 3. The van der Waals surface area contributed by atoms with Gasteiger partial charge in [0.15, 0.2) is 0 Å². The Hall–Kier alpha value is -3.20. The van der Waals surface area contributed by atoms with Crippen molar-refractivity contribution in [2.24, 2.45) is 0 Å². The number of aromatic nitrogens is 1. The van der Waals surface area contributed by atoms with E-state index in [1.54, 1.807) is 12.4 Å². The Morgan fingerprint density at radius 1 is 0.833 bits per heavy atom. The molecule has 0 aliphatic carbocycles. The topological polar surface area (TPSA) is 33.2 Å². The first kappa shape index (κ1) is 14.4. The predicted octanol–water partition coefficient (Wildman–Crippen LogP) is 4.24. The minimum atomic E-state index is 0.0459. The summed E-state index contributed by atoms with van der Waals surface area (Å²) in [5, 5.41) is 0. The lowest BCUT2D eigenvalue weighted by Crippen LogP contribution is -2.22. The Labute approximate surface area is 140 Å². The smallest absolute Gasteiger partial charge is 0.259 e. The minimum Gasteiger partial charge on any atom is -0.303 e. The summed E-state index contributed by atoms with van der Waals surface area (Å²) in [6.45, 7) is 0.536. The molecule has 1 aliphatic rings. The molecular weight excluding hydrogens is 296 g/mol. The SMILES string of the molecule is O=C1c2ccccc2C(=Cc2ccccc2)N1Cc1ccncc1. The van der Waals surface area contributed by atoms with Gasteiger partial charge in [0.25, 0.3) is 5.91 Å². The van der Waals surface area contributed by atoms with Gasteiger partial charge in [-0.25, -0.2) is 0 Å². The van der Waals surface area contributed by atoms with Crippen LogP contribution in [0.3, 0.4) is 0 Å². The number of carbonyl (C=O) groups excluding carboxylic acids is 1. The highest BCUT2D eigenvalue weighted by molar-refractivity contribution is 6.11. The number of benzene rings is 2. The van der Waals surface area contributed by atoms with E-state index in [1.165, 1.54) is 0 Å². The second-order valence-corrected chi connectivity index (χ2v) is 5.73. The highest BCUT2D eigenvalue weighted by atomic mass is 16.2. The molecule has 0 unspecified atom stereocenters. The molecule has 0 saturated carbocycles. The summed E-state index contributed by atoms with van der Waals surface area (Å²) in [6.07, 6.45) is 5.58. The Balaban J connectivity index is 1.79. The first-order chi connectivity index (χ1) is 11.8. The van der Waals surface area contributed by atoms with Gasteiger partial charge in [-0.2, -0.15) is 0 Å². The second-order valence-electron chi connectivity index (χ2n) is 5.73. The predicted molar refractivity (Wildman–Crippen MR) is 94.9 cm³/mol. The van der Waals surface area contributed by atoms with Gasteiger partial charge in [0.1, 0.15) is 0 Å². The Kier molecular flexibility index (Phi) is 3.67. The first-order valence-electron chi connectivity index (χ1n) is 7.90. The molecule has 0 atom stereocenters. The van der Waals surface area contributed by atoms with E-state index in [1.807, 2.05) is 71.6 Å². The maximum atomic E-state index is 12.9. The van der Waals surface area contributed by atoms with E-state index in [2.05, 4.69) is 11.1 Å². The number of amides is 1. The van der Waals surface area contributed by atoms with Crippen LogP contribution in [0.1, 0.15) is 27.0 Å². The Bertz CT molecular complexity index is 901. The highest BCUT2D eigenvalue weighted by Crippen LogP contribution is 2.35. The van der Waals surface area contributed by atoms with Crippen molar-refractivity contribution in [3.63, 3.8) is 0 Å². The molecule has 1 amide bonds. The van der Waals surface area contributed by atoms with Crippen LogP contribution in [0.4, 0.5) is 0 Å². The molecule has 2 heterocycles. The van der Waals surface area contributed by atoms with Crippen molar-refractivity contribution >= 4 is 17.7 Å². The summed E-state index contributed by atoms with van der Waals surface area (Å²) >= 11 is 0. The maximum Gasteiger partial charge on any atom is 0.259 e. The fourth-order valence-electron chi connectivity index (χ4n) is 2.98. The van der Waals surface area contributed by atoms with Gasteiger partial charge in [-0.05, 0) is 35.4 Å². The Morgan fingerprint density at radius 3 is 2.25 bits per heavy atom. The molecule has 0 bridgehead atoms. The minimum absolute atomic E-state index is 0.0459. The van der Waals surface area contributed by atoms with Gasteiger partial charge in [-0.1, -0.05) is 48.5 Å². The van der Waals surface area contributed by atoms with Crippen molar-refractivity contribution < 1.29 is 4.79 Å². The molecule has 24 heavy (non-hydrogen) atoms. The summed E-state index contributed by atoms with van der Waals surface area (Å²) in [6, 6.07) is 21.7. The lowest BCUT2D eigenvalue weighted by Gasteiger charge is -2.18. The van der Waals surface area contributed by atoms with Gasteiger partial charge < -0.3 is 4.90 Å². The van der Waals surface area contributed by atoms with Crippen molar-refractivity contribution in [2.75, 3.05) is 0 Å². The van der Waals surface area contributed by atoms with Crippen molar-refractivity contribution in [1.29, 1.82) is 0 Å². The molecule has 3 heteroatoms. The summed E-state index contributed by atoms with van der Waals surface area (Å²) in [5.74, 6) is 0.0459. The van der Waals surface area contributed by atoms with Crippen LogP contribution < -0.4 is 0 Å². The normalized spacial score (nSPS) is 14.9. The number of carbonyl (C=O) groups is 1. The van der Waals surface area contributed by atoms with Gasteiger partial charge in [-0.3, -0.25) is 9.78 Å². The molecule has 0 radical (unpaired) electrons. The summed E-state index contributed by atoms with van der Waals surface area (Å²) in [4.78, 5) is 18.8. The molecule has 0 fully saturated rings. The van der Waals surface area contributed by atoms with Crippen LogP contribution >= 0.6 is 0 Å². The second kappa shape index (κ2) is 6.13. The molecule has 3 nitrogen and oxygen atoms in total. The zero-order valence-corrected chi connectivity index (χ0v) is 13.1. The van der Waals surface area contributed by atoms with Crippen molar-refractivity contribution in [1.82, 2.24) is 9.88 Å². The number of nitrogens with zero attached hydrogens (tertiary/aromatic N) is 2. The van der Waals surface area contributed by atoms with Crippen LogP contribution in [-0.4, -0.2) is 15.8 Å². The van der Waals surface area contributed by atoms with Gasteiger partial charge >= 0.3 is 0 Å². The number of pyridine rings is 1. The van der Waals surface area contributed by atoms with Crippen LogP contribution in [0.15, 0.2) is 79.1 Å². The fraction of sp³-hybridized carbons (Fsp3) is 0.0476. The lowest BCUT2D eigenvalue weighted by molar-refractivity contribution is 0.0843. The standard InChI is InChI=1S/C21H16N2O/c24-21-19-9-5-4-8-18(19)20(14-16-6-2-1-3-7-16)23(21)15-17-10-12-22-13-11-17/h1-14H,15H2. The van der Waals surface area contributed by atoms with Crippen LogP contribution in [-0.2, 0) is 6.54 Å². The van der Waals surface area contributed by atoms with E-state index >= 15 is 0 Å². The largest absolute Gasteiger partial charge is 0.303 e. The zero-order valence-electron chi connectivity index (χ0n) is 13.1. The number of hydrogen-bond donors (Lipinski definition) is 0. The number of hydrogen-bond acceptors (Lipinski definition) is 2. The lowest BCUT2D eigenvalue weighted by atomic mass is 10.1. The van der Waals surface area contributed by atoms with Gasteiger partial charge in [0.05, 0.1) is 12.2 Å². The maximum absolute atomic E-state index is 12.9. The third-order valence-corrected chi connectivity index (χ3v) is 4.16. The first-order valence-corrected chi connectivity index (χ1v) is 7.90. The Morgan fingerprint density at radius 2 is 1.50 bits per heavy atom. The molecule has 1 aliphatic heterocycles. The summed E-state index contributed by atoms with van der Waals surface area (Å²) in [5.41, 5.74) is 4.83. The van der Waals surface area contributed by atoms with E-state index in [9.17, 15) is 4.79 Å². The highest BCUT2D eigenvalue weighted by Gasteiger charge is 2.31. The monoisotopic (exact) mass is 312 g/mol. The van der Waals surface area contributed by atoms with Crippen LogP contribution in [0.2, 0.25) is 0 Å². The molecule has 0 spiro atoms. The van der Waals surface area contributed by atoms with Crippen LogP contribution in [0.5, 0.6) is 0 Å². The van der Waals surface area contributed by atoms with Gasteiger partial charge in [0.2, 0.25) is 0 Å². The van der Waals surface area contributed by atoms with E-state index in [-0.39, 0.29) is 5.91 Å². The average Bonchev–Trinajstić information content (AvgIpc) is 2.90. The molecule has 4 rings (SSSR count). The molecule has 3 aromatic rings. The molecule has 116 valence electrons. The molecule has 0 N–H and O–H groups in total. The molecule has 2 aromatic carbocycles.